The predicted molar refractivity (Wildman–Crippen MR) is 77.2 cm³/mol. The van der Waals surface area contributed by atoms with Crippen LogP contribution >= 0.6 is 0 Å². The van der Waals surface area contributed by atoms with Crippen LogP contribution in [0.25, 0.3) is 0 Å². The molecule has 23 heavy (non-hydrogen) atoms. The highest BCUT2D eigenvalue weighted by atomic mass is 16.8. The summed E-state index contributed by atoms with van der Waals surface area (Å²) in [5, 5.41) is 14.1. The van der Waals surface area contributed by atoms with E-state index in [2.05, 4.69) is 32.3 Å². The number of esters is 1. The first-order valence-electron chi connectivity index (χ1n) is 7.53. The zero-order chi connectivity index (χ0) is 16.4. The molecule has 1 aliphatic heterocycles. The van der Waals surface area contributed by atoms with Gasteiger partial charge in [0.2, 0.25) is 0 Å². The van der Waals surface area contributed by atoms with E-state index < -0.39 is 11.8 Å². The molecule has 1 aliphatic carbocycles. The van der Waals surface area contributed by atoms with Crippen molar-refractivity contribution in [2.75, 3.05) is 7.11 Å². The van der Waals surface area contributed by atoms with Crippen molar-refractivity contribution in [3.63, 3.8) is 0 Å². The van der Waals surface area contributed by atoms with Crippen LogP contribution in [-0.4, -0.2) is 34.0 Å². The molecule has 0 atom stereocenters. The second-order valence-corrected chi connectivity index (χ2v) is 5.85. The van der Waals surface area contributed by atoms with Gasteiger partial charge in [-0.2, -0.15) is 4.98 Å². The third-order valence-electron chi connectivity index (χ3n) is 3.99. The molecule has 1 aromatic heterocycles. The topological polar surface area (TPSA) is 111 Å². The minimum Gasteiger partial charge on any atom is -0.467 e. The van der Waals surface area contributed by atoms with E-state index in [-0.39, 0.29) is 17.6 Å². The molecule has 0 bridgehead atoms. The van der Waals surface area contributed by atoms with Crippen molar-refractivity contribution in [2.45, 2.75) is 45.3 Å². The third-order valence-corrected chi connectivity index (χ3v) is 3.99. The molecule has 1 aromatic rings. The lowest BCUT2D eigenvalue weighted by Gasteiger charge is -2.40. The number of hydrogen-bond donors (Lipinski definition) is 1. The van der Waals surface area contributed by atoms with E-state index in [4.69, 9.17) is 14.2 Å². The van der Waals surface area contributed by atoms with E-state index >= 15 is 0 Å². The Labute approximate surface area is 133 Å². The molecule has 9 nitrogen and oxygen atoms in total. The molecule has 1 N–H and O–H groups in total. The average molecular weight is 321 g/mol. The van der Waals surface area contributed by atoms with Crippen LogP contribution in [0.2, 0.25) is 0 Å². The van der Waals surface area contributed by atoms with Crippen LogP contribution in [0.3, 0.4) is 0 Å². The largest absolute Gasteiger partial charge is 0.467 e. The number of nitrogens with one attached hydrogen (secondary N) is 1. The minimum absolute atomic E-state index is 0.0202. The zero-order valence-electron chi connectivity index (χ0n) is 13.3. The molecular weight excluding hydrogens is 302 g/mol. The van der Waals surface area contributed by atoms with Gasteiger partial charge in [-0.05, 0) is 25.7 Å². The van der Waals surface area contributed by atoms with Crippen molar-refractivity contribution < 1.29 is 19.0 Å². The van der Waals surface area contributed by atoms with Gasteiger partial charge in [0.1, 0.15) is 5.82 Å². The Morgan fingerprint density at radius 1 is 1.30 bits per heavy atom. The summed E-state index contributed by atoms with van der Waals surface area (Å²) in [7, 11) is 1.42. The maximum Gasteiger partial charge on any atom is 0.369 e. The van der Waals surface area contributed by atoms with Gasteiger partial charge < -0.3 is 14.2 Å². The Kier molecular flexibility index (Phi) is 4.01. The fraction of sp³-hybridized carbons (Fsp3) is 0.643. The molecule has 2 heterocycles. The molecule has 0 radical (unpaired) electrons. The number of hydrogen-bond acceptors (Lipinski definition) is 8. The molecule has 1 saturated carbocycles. The molecule has 0 aromatic carbocycles. The standard InChI is InChI=1S/C14H19N5O4/c1-8-4-6-14(7-5-8)22-11(20)10(12(21-3)23-14)17-19-13-15-9(2)16-18-13/h8H,4-7H2,1-3H3,(H,15,16,18). The quantitative estimate of drug-likeness (QED) is 0.676. The molecule has 1 spiro atoms. The van der Waals surface area contributed by atoms with Crippen LogP contribution in [0.5, 0.6) is 0 Å². The highest BCUT2D eigenvalue weighted by Crippen LogP contribution is 2.41. The Morgan fingerprint density at radius 2 is 2.04 bits per heavy atom. The predicted octanol–water partition coefficient (Wildman–Crippen LogP) is 2.49. The van der Waals surface area contributed by atoms with Gasteiger partial charge in [0.05, 0.1) is 7.11 Å². The molecule has 0 saturated heterocycles. The molecule has 3 rings (SSSR count). The maximum atomic E-state index is 12.3. The third kappa shape index (κ3) is 3.17. The molecule has 0 amide bonds. The van der Waals surface area contributed by atoms with E-state index in [1.54, 1.807) is 6.92 Å². The Balaban J connectivity index is 1.82. The number of nitrogens with zero attached hydrogens (tertiary/aromatic N) is 4. The van der Waals surface area contributed by atoms with E-state index in [0.29, 0.717) is 24.6 Å². The van der Waals surface area contributed by atoms with Gasteiger partial charge in [0.25, 0.3) is 17.4 Å². The number of carbonyl (C=O) groups is 1. The van der Waals surface area contributed by atoms with Crippen LogP contribution in [0.1, 0.15) is 38.4 Å². The summed E-state index contributed by atoms with van der Waals surface area (Å²) < 4.78 is 16.5. The van der Waals surface area contributed by atoms with Gasteiger partial charge in [-0.15, -0.1) is 15.3 Å². The molecule has 9 heteroatoms. The fourth-order valence-corrected chi connectivity index (χ4v) is 2.64. The molecule has 1 fully saturated rings. The van der Waals surface area contributed by atoms with Gasteiger partial charge in [0.15, 0.2) is 0 Å². The molecular formula is C14H19N5O4. The summed E-state index contributed by atoms with van der Waals surface area (Å²) in [6, 6.07) is 0. The summed E-state index contributed by atoms with van der Waals surface area (Å²) >= 11 is 0. The lowest BCUT2D eigenvalue weighted by Crippen LogP contribution is -2.45. The van der Waals surface area contributed by atoms with Crippen molar-refractivity contribution >= 4 is 11.9 Å². The second kappa shape index (κ2) is 5.98. The Hall–Kier alpha value is -2.45. The maximum absolute atomic E-state index is 12.3. The number of H-pyrrole nitrogens is 1. The fourth-order valence-electron chi connectivity index (χ4n) is 2.64. The lowest BCUT2D eigenvalue weighted by atomic mass is 9.86. The molecule has 0 unspecified atom stereocenters. The highest BCUT2D eigenvalue weighted by molar-refractivity contribution is 5.89. The van der Waals surface area contributed by atoms with Crippen LogP contribution in [0.4, 0.5) is 5.95 Å². The van der Waals surface area contributed by atoms with Crippen molar-refractivity contribution in [1.29, 1.82) is 0 Å². The van der Waals surface area contributed by atoms with Gasteiger partial charge >= 0.3 is 11.9 Å². The SMILES string of the molecule is COC1=C(N=Nc2n[nH]c(C)n2)C(=O)OC2(CCC(C)CC2)O1. The zero-order valence-corrected chi connectivity index (χ0v) is 13.3. The smallest absolute Gasteiger partial charge is 0.369 e. The van der Waals surface area contributed by atoms with Crippen molar-refractivity contribution in [2.24, 2.45) is 16.1 Å². The van der Waals surface area contributed by atoms with Crippen molar-refractivity contribution in [3.8, 4) is 0 Å². The number of rotatable bonds is 3. The minimum atomic E-state index is -0.949. The van der Waals surface area contributed by atoms with Crippen LogP contribution < -0.4 is 0 Å². The normalized spacial score (nSPS) is 28.1. The summed E-state index contributed by atoms with van der Waals surface area (Å²) in [4.78, 5) is 16.3. The average Bonchev–Trinajstić information content (AvgIpc) is 2.94. The van der Waals surface area contributed by atoms with E-state index in [9.17, 15) is 4.79 Å². The van der Waals surface area contributed by atoms with Crippen LogP contribution in [-0.2, 0) is 19.0 Å². The first-order valence-corrected chi connectivity index (χ1v) is 7.53. The monoisotopic (exact) mass is 321 g/mol. The lowest BCUT2D eigenvalue weighted by molar-refractivity contribution is -0.255. The number of aryl methyl sites for hydroxylation is 1. The van der Waals surface area contributed by atoms with Gasteiger partial charge in [-0.3, -0.25) is 5.10 Å². The first kappa shape index (κ1) is 15.4. The van der Waals surface area contributed by atoms with Gasteiger partial charge in [-0.1, -0.05) is 6.92 Å². The van der Waals surface area contributed by atoms with Crippen molar-refractivity contribution in [3.05, 3.63) is 17.5 Å². The summed E-state index contributed by atoms with van der Waals surface area (Å²) in [6.07, 6.45) is 3.13. The second-order valence-electron chi connectivity index (χ2n) is 5.85. The number of carbonyl (C=O) groups excluding carboxylic acids is 1. The highest BCUT2D eigenvalue weighted by Gasteiger charge is 2.46. The molecule has 124 valence electrons. The molecule has 2 aliphatic rings. The van der Waals surface area contributed by atoms with Crippen LogP contribution in [0.15, 0.2) is 21.9 Å². The Bertz CT molecular complexity index is 658. The number of ether oxygens (including phenoxy) is 3. The van der Waals surface area contributed by atoms with E-state index in [1.165, 1.54) is 7.11 Å². The van der Waals surface area contributed by atoms with Crippen molar-refractivity contribution in [1.82, 2.24) is 15.2 Å². The van der Waals surface area contributed by atoms with Gasteiger partial charge in [0, 0.05) is 12.8 Å². The summed E-state index contributed by atoms with van der Waals surface area (Å²) in [6.45, 7) is 3.90. The van der Waals surface area contributed by atoms with E-state index in [1.807, 2.05) is 0 Å². The van der Waals surface area contributed by atoms with E-state index in [0.717, 1.165) is 12.8 Å². The van der Waals surface area contributed by atoms with Gasteiger partial charge in [-0.25, -0.2) is 4.79 Å². The number of aromatic amines is 1. The summed E-state index contributed by atoms with van der Waals surface area (Å²) in [5.41, 5.74) is -0.126. The number of azo groups is 1. The van der Waals surface area contributed by atoms with Crippen LogP contribution in [0, 0.1) is 12.8 Å². The first-order chi connectivity index (χ1) is 11.0. The number of methoxy groups -OCH3 is 1. The summed E-state index contributed by atoms with van der Waals surface area (Å²) in [5.74, 6) is -0.240. The Morgan fingerprint density at radius 3 is 2.65 bits per heavy atom. The number of aromatic nitrogens is 3.